The quantitative estimate of drug-likeness (QED) is 0.484. The average Bonchev–Trinajstić information content (AvgIpc) is 2.51. The molecule has 0 bridgehead atoms. The third-order valence-corrected chi connectivity index (χ3v) is 4.00. The molecule has 5 nitrogen and oxygen atoms in total. The lowest BCUT2D eigenvalue weighted by atomic mass is 10.2. The molecule has 2 aromatic carbocycles. The van der Waals surface area contributed by atoms with Gasteiger partial charge >= 0.3 is 16.1 Å². The van der Waals surface area contributed by atoms with E-state index in [9.17, 15) is 26.4 Å². The Morgan fingerprint density at radius 1 is 1.04 bits per heavy atom. The summed E-state index contributed by atoms with van der Waals surface area (Å²) in [6, 6.07) is 5.86. The molecular weight excluding hydrogens is 337 g/mol. The molecule has 0 radical (unpaired) electrons. The van der Waals surface area contributed by atoms with Crippen molar-refractivity contribution in [2.24, 2.45) is 0 Å². The molecule has 0 amide bonds. The van der Waals surface area contributed by atoms with Crippen LogP contribution in [0.2, 0.25) is 0 Å². The fraction of sp³-hybridized carbons (Fsp3) is 0.0714. The molecule has 9 heteroatoms. The van der Waals surface area contributed by atoms with Gasteiger partial charge in [-0.2, -0.15) is 8.42 Å². The van der Waals surface area contributed by atoms with E-state index in [2.05, 4.69) is 8.92 Å². The molecule has 0 aliphatic rings. The highest BCUT2D eigenvalue weighted by atomic mass is 32.2. The zero-order valence-electron chi connectivity index (χ0n) is 11.5. The van der Waals surface area contributed by atoms with Crippen LogP contribution >= 0.6 is 0 Å². The van der Waals surface area contributed by atoms with Gasteiger partial charge in [0.2, 0.25) is 0 Å². The number of carbonyl (C=O) groups excluding carboxylic acids is 1. The summed E-state index contributed by atoms with van der Waals surface area (Å²) in [6.45, 7) is 0. The standard InChI is InChI=1S/C14H9F3O5S/c1-21-14(18)8-3-2-4-9(7-8)22-23(19,20)11-6-5-10(15)12(16)13(11)17/h2-7H,1H3. The van der Waals surface area contributed by atoms with Crippen molar-refractivity contribution in [1.82, 2.24) is 0 Å². The van der Waals surface area contributed by atoms with Crippen LogP contribution in [0.5, 0.6) is 5.75 Å². The van der Waals surface area contributed by atoms with E-state index in [-0.39, 0.29) is 11.3 Å². The van der Waals surface area contributed by atoms with Gasteiger partial charge < -0.3 is 8.92 Å². The van der Waals surface area contributed by atoms with E-state index in [0.29, 0.717) is 12.1 Å². The summed E-state index contributed by atoms with van der Waals surface area (Å²) in [5.41, 5.74) is -0.00837. The maximum atomic E-state index is 13.6. The van der Waals surface area contributed by atoms with Gasteiger partial charge in [-0.25, -0.2) is 18.0 Å². The zero-order valence-corrected chi connectivity index (χ0v) is 12.4. The highest BCUT2D eigenvalue weighted by molar-refractivity contribution is 7.87. The molecule has 0 saturated carbocycles. The van der Waals surface area contributed by atoms with E-state index >= 15 is 0 Å². The summed E-state index contributed by atoms with van der Waals surface area (Å²) in [6.07, 6.45) is 0. The Hall–Kier alpha value is -2.55. The summed E-state index contributed by atoms with van der Waals surface area (Å²) >= 11 is 0. The molecule has 0 heterocycles. The van der Waals surface area contributed by atoms with Crippen molar-refractivity contribution in [3.05, 3.63) is 59.4 Å². The number of carbonyl (C=O) groups is 1. The van der Waals surface area contributed by atoms with Gasteiger partial charge in [-0.05, 0) is 30.3 Å². The Balaban J connectivity index is 2.40. The van der Waals surface area contributed by atoms with Gasteiger partial charge in [-0.15, -0.1) is 0 Å². The van der Waals surface area contributed by atoms with Crippen LogP contribution in [0, 0.1) is 17.5 Å². The second-order valence-electron chi connectivity index (χ2n) is 4.23. The Morgan fingerprint density at radius 2 is 1.74 bits per heavy atom. The molecule has 0 N–H and O–H groups in total. The second-order valence-corrected chi connectivity index (χ2v) is 5.75. The van der Waals surface area contributed by atoms with Crippen molar-refractivity contribution in [3.63, 3.8) is 0 Å². The van der Waals surface area contributed by atoms with E-state index in [1.807, 2.05) is 0 Å². The Labute approximate surface area is 129 Å². The summed E-state index contributed by atoms with van der Waals surface area (Å²) in [5.74, 6) is -6.43. The fourth-order valence-corrected chi connectivity index (χ4v) is 2.66. The van der Waals surface area contributed by atoms with Crippen LogP contribution in [-0.4, -0.2) is 21.5 Å². The predicted octanol–water partition coefficient (Wildman–Crippen LogP) is 2.66. The van der Waals surface area contributed by atoms with Crippen LogP contribution in [-0.2, 0) is 14.9 Å². The normalized spacial score (nSPS) is 11.1. The molecule has 0 aliphatic heterocycles. The van der Waals surface area contributed by atoms with Crippen LogP contribution in [0.1, 0.15) is 10.4 Å². The monoisotopic (exact) mass is 346 g/mol. The first-order valence-corrected chi connectivity index (χ1v) is 7.43. The van der Waals surface area contributed by atoms with Crippen LogP contribution < -0.4 is 4.18 Å². The Kier molecular flexibility index (Phi) is 4.60. The van der Waals surface area contributed by atoms with Crippen molar-refractivity contribution < 1.29 is 35.3 Å². The fourth-order valence-electron chi connectivity index (χ4n) is 1.67. The lowest BCUT2D eigenvalue weighted by Crippen LogP contribution is -2.13. The van der Waals surface area contributed by atoms with E-state index in [4.69, 9.17) is 0 Å². The van der Waals surface area contributed by atoms with E-state index in [1.54, 1.807) is 0 Å². The number of hydrogen-bond acceptors (Lipinski definition) is 5. The molecule has 0 aliphatic carbocycles. The van der Waals surface area contributed by atoms with Crippen LogP contribution in [0.4, 0.5) is 13.2 Å². The molecule has 0 saturated heterocycles. The van der Waals surface area contributed by atoms with Gasteiger partial charge in [0, 0.05) is 0 Å². The molecule has 0 fully saturated rings. The molecule has 0 spiro atoms. The number of halogens is 3. The van der Waals surface area contributed by atoms with E-state index < -0.39 is 38.4 Å². The maximum absolute atomic E-state index is 13.6. The molecule has 23 heavy (non-hydrogen) atoms. The highest BCUT2D eigenvalue weighted by Crippen LogP contribution is 2.24. The van der Waals surface area contributed by atoms with Crippen molar-refractivity contribution >= 4 is 16.1 Å². The minimum absolute atomic E-state index is 0.00837. The molecule has 0 unspecified atom stereocenters. The van der Waals surface area contributed by atoms with Gasteiger partial charge in [0.25, 0.3) is 0 Å². The van der Waals surface area contributed by atoms with Gasteiger partial charge in [-0.1, -0.05) is 6.07 Å². The number of benzene rings is 2. The van der Waals surface area contributed by atoms with Gasteiger partial charge in [0.1, 0.15) is 10.6 Å². The molecule has 0 atom stereocenters. The maximum Gasteiger partial charge on any atom is 0.342 e. The summed E-state index contributed by atoms with van der Waals surface area (Å²) in [5, 5.41) is 0. The minimum atomic E-state index is -4.77. The molecule has 122 valence electrons. The largest absolute Gasteiger partial charge is 0.465 e. The molecule has 2 aromatic rings. The molecular formula is C14H9F3O5S. The van der Waals surface area contributed by atoms with Crippen LogP contribution in [0.25, 0.3) is 0 Å². The van der Waals surface area contributed by atoms with Gasteiger partial charge in [-0.3, -0.25) is 0 Å². The SMILES string of the molecule is COC(=O)c1cccc(OS(=O)(=O)c2ccc(F)c(F)c2F)c1. The Bertz CT molecular complexity index is 865. The summed E-state index contributed by atoms with van der Waals surface area (Å²) in [7, 11) is -3.64. The van der Waals surface area contributed by atoms with E-state index in [0.717, 1.165) is 13.2 Å². The third-order valence-electron chi connectivity index (χ3n) is 2.73. The first-order valence-electron chi connectivity index (χ1n) is 6.02. The van der Waals surface area contributed by atoms with Crippen molar-refractivity contribution in [2.75, 3.05) is 7.11 Å². The van der Waals surface area contributed by atoms with Crippen molar-refractivity contribution in [3.8, 4) is 5.75 Å². The van der Waals surface area contributed by atoms with Gasteiger partial charge in [0.15, 0.2) is 17.5 Å². The second kappa shape index (κ2) is 6.29. The topological polar surface area (TPSA) is 69.7 Å². The van der Waals surface area contributed by atoms with E-state index in [1.165, 1.54) is 18.2 Å². The average molecular weight is 346 g/mol. The van der Waals surface area contributed by atoms with Crippen molar-refractivity contribution in [1.29, 1.82) is 0 Å². The zero-order chi connectivity index (χ0) is 17.2. The van der Waals surface area contributed by atoms with Crippen LogP contribution in [0.3, 0.4) is 0 Å². The smallest absolute Gasteiger partial charge is 0.342 e. The van der Waals surface area contributed by atoms with Gasteiger partial charge in [0.05, 0.1) is 12.7 Å². The number of hydrogen-bond donors (Lipinski definition) is 0. The number of ether oxygens (including phenoxy) is 1. The lowest BCUT2D eigenvalue weighted by Gasteiger charge is -2.09. The number of methoxy groups -OCH3 is 1. The molecule has 0 aromatic heterocycles. The summed E-state index contributed by atoms with van der Waals surface area (Å²) in [4.78, 5) is 10.2. The van der Waals surface area contributed by atoms with Crippen molar-refractivity contribution in [2.45, 2.75) is 4.90 Å². The van der Waals surface area contributed by atoms with Crippen LogP contribution in [0.15, 0.2) is 41.3 Å². The first kappa shape index (κ1) is 16.8. The Morgan fingerprint density at radius 3 is 2.39 bits per heavy atom. The minimum Gasteiger partial charge on any atom is -0.465 e. The first-order chi connectivity index (χ1) is 10.8. The summed E-state index contributed by atoms with van der Waals surface area (Å²) < 4.78 is 72.6. The highest BCUT2D eigenvalue weighted by Gasteiger charge is 2.26. The predicted molar refractivity (Wildman–Crippen MR) is 71.9 cm³/mol. The molecule has 2 rings (SSSR count). The number of esters is 1. The lowest BCUT2D eigenvalue weighted by molar-refractivity contribution is 0.0600. The number of rotatable bonds is 4. The third kappa shape index (κ3) is 3.45.